The molecule has 1 aromatic heterocycles. The van der Waals surface area contributed by atoms with Gasteiger partial charge in [-0.3, -0.25) is 9.78 Å². The van der Waals surface area contributed by atoms with E-state index in [-0.39, 0.29) is 10.7 Å². The highest BCUT2D eigenvalue weighted by molar-refractivity contribution is 8.13. The number of aromatic nitrogens is 1. The van der Waals surface area contributed by atoms with Crippen LogP contribution in [0.15, 0.2) is 18.5 Å². The zero-order valence-corrected chi connectivity index (χ0v) is 10.1. The van der Waals surface area contributed by atoms with Gasteiger partial charge >= 0.3 is 5.97 Å². The quantitative estimate of drug-likeness (QED) is 0.653. The topological polar surface area (TPSA) is 67.3 Å². The van der Waals surface area contributed by atoms with Crippen molar-refractivity contribution in [2.75, 3.05) is 5.75 Å². The zero-order chi connectivity index (χ0) is 12.7. The fourth-order valence-corrected chi connectivity index (χ4v) is 1.53. The van der Waals surface area contributed by atoms with E-state index in [0.717, 1.165) is 0 Å². The lowest BCUT2D eigenvalue weighted by Crippen LogP contribution is -1.97. The van der Waals surface area contributed by atoms with Gasteiger partial charge in [0.1, 0.15) is 0 Å². The minimum atomic E-state index is -1.02. The molecule has 0 radical (unpaired) electrons. The smallest absolute Gasteiger partial charge is 0.337 e. The minimum Gasteiger partial charge on any atom is -0.478 e. The second kappa shape index (κ2) is 6.71. The summed E-state index contributed by atoms with van der Waals surface area (Å²) in [5.74, 6) is 5.31. The second-order valence-electron chi connectivity index (χ2n) is 3.16. The van der Waals surface area contributed by atoms with Crippen LogP contribution in [0.5, 0.6) is 0 Å². The number of hydrogen-bond donors (Lipinski definition) is 1. The molecule has 0 aromatic carbocycles. The highest BCUT2D eigenvalue weighted by Crippen LogP contribution is 2.03. The fraction of sp³-hybridized carbons (Fsp3) is 0.250. The Balaban J connectivity index is 2.56. The van der Waals surface area contributed by atoms with Gasteiger partial charge in [-0.05, 0) is 6.07 Å². The van der Waals surface area contributed by atoms with E-state index in [2.05, 4.69) is 16.8 Å². The number of carbonyl (C=O) groups excluding carboxylic acids is 1. The molecule has 0 fully saturated rings. The number of carboxylic acids is 1. The van der Waals surface area contributed by atoms with Gasteiger partial charge in [0.2, 0.25) is 0 Å². The average Bonchev–Trinajstić information content (AvgIpc) is 2.28. The molecule has 1 rings (SSSR count). The van der Waals surface area contributed by atoms with E-state index in [1.807, 2.05) is 0 Å². The van der Waals surface area contributed by atoms with Crippen LogP contribution in [0.1, 0.15) is 29.3 Å². The monoisotopic (exact) mass is 249 g/mol. The molecule has 0 saturated carbocycles. The molecule has 0 aliphatic heterocycles. The van der Waals surface area contributed by atoms with Crippen LogP contribution < -0.4 is 0 Å². The zero-order valence-electron chi connectivity index (χ0n) is 9.27. The molecule has 0 spiro atoms. The summed E-state index contributed by atoms with van der Waals surface area (Å²) in [6.07, 6.45) is 3.37. The van der Waals surface area contributed by atoms with Gasteiger partial charge in [-0.1, -0.05) is 23.6 Å². The van der Waals surface area contributed by atoms with Crippen molar-refractivity contribution in [3.8, 4) is 11.8 Å². The van der Waals surface area contributed by atoms with E-state index in [0.29, 0.717) is 17.7 Å². The van der Waals surface area contributed by atoms with Gasteiger partial charge in [-0.15, -0.1) is 0 Å². The summed E-state index contributed by atoms with van der Waals surface area (Å²) in [6.45, 7) is 1.51. The largest absolute Gasteiger partial charge is 0.478 e. The van der Waals surface area contributed by atoms with Gasteiger partial charge in [0, 0.05) is 37.1 Å². The highest BCUT2D eigenvalue weighted by atomic mass is 32.2. The number of aromatic carboxylic acids is 1. The Hall–Kier alpha value is -1.80. The predicted molar refractivity (Wildman–Crippen MR) is 65.8 cm³/mol. The summed E-state index contributed by atoms with van der Waals surface area (Å²) in [7, 11) is 0. The molecule has 1 heterocycles. The molecule has 4 nitrogen and oxygen atoms in total. The van der Waals surface area contributed by atoms with Crippen molar-refractivity contribution in [3.05, 3.63) is 29.6 Å². The van der Waals surface area contributed by atoms with Crippen LogP contribution in [-0.4, -0.2) is 26.9 Å². The van der Waals surface area contributed by atoms with Crippen molar-refractivity contribution < 1.29 is 14.7 Å². The summed E-state index contributed by atoms with van der Waals surface area (Å²) in [6, 6.07) is 1.47. The van der Waals surface area contributed by atoms with Crippen molar-refractivity contribution in [2.24, 2.45) is 0 Å². The molecule has 0 amide bonds. The normalized spacial score (nSPS) is 9.24. The average molecular weight is 249 g/mol. The Bertz CT molecular complexity index is 488. The first-order chi connectivity index (χ1) is 8.09. The number of thioether (sulfide) groups is 1. The standard InChI is InChI=1S/C12H11NO3S/c1-9(14)17-5-3-2-4-10-6-11(12(15)16)8-13-7-10/h6-8H,3,5H2,1H3,(H,15,16). The van der Waals surface area contributed by atoms with E-state index in [9.17, 15) is 9.59 Å². The summed E-state index contributed by atoms with van der Waals surface area (Å²) < 4.78 is 0. The van der Waals surface area contributed by atoms with Gasteiger partial charge in [0.15, 0.2) is 5.12 Å². The van der Waals surface area contributed by atoms with Gasteiger partial charge in [-0.25, -0.2) is 4.79 Å². The van der Waals surface area contributed by atoms with Crippen molar-refractivity contribution in [1.82, 2.24) is 4.98 Å². The first-order valence-corrected chi connectivity index (χ1v) is 5.88. The van der Waals surface area contributed by atoms with E-state index >= 15 is 0 Å². The first-order valence-electron chi connectivity index (χ1n) is 4.90. The number of rotatable bonds is 3. The van der Waals surface area contributed by atoms with Crippen LogP contribution in [0.2, 0.25) is 0 Å². The number of carbonyl (C=O) groups is 2. The molecule has 0 aliphatic rings. The Labute approximate surface area is 103 Å². The third-order valence-corrected chi connectivity index (χ3v) is 2.57. The molecular weight excluding hydrogens is 238 g/mol. The number of nitrogens with zero attached hydrogens (tertiary/aromatic N) is 1. The Morgan fingerprint density at radius 1 is 1.47 bits per heavy atom. The molecule has 0 atom stereocenters. The molecule has 0 bridgehead atoms. The van der Waals surface area contributed by atoms with Crippen molar-refractivity contribution in [3.63, 3.8) is 0 Å². The number of carboxylic acid groups (broad SMARTS) is 1. The molecule has 0 saturated heterocycles. The third-order valence-electron chi connectivity index (χ3n) is 1.75. The van der Waals surface area contributed by atoms with Gasteiger partial charge < -0.3 is 5.11 Å². The van der Waals surface area contributed by atoms with Crippen molar-refractivity contribution in [2.45, 2.75) is 13.3 Å². The number of pyridine rings is 1. The highest BCUT2D eigenvalue weighted by Gasteiger charge is 2.02. The van der Waals surface area contributed by atoms with E-state index in [4.69, 9.17) is 5.11 Å². The summed E-state index contributed by atoms with van der Waals surface area (Å²) in [5.41, 5.74) is 0.688. The summed E-state index contributed by atoms with van der Waals surface area (Å²) >= 11 is 1.22. The molecular formula is C12H11NO3S. The Morgan fingerprint density at radius 3 is 2.88 bits per heavy atom. The second-order valence-corrected chi connectivity index (χ2v) is 4.43. The summed E-state index contributed by atoms with van der Waals surface area (Å²) in [5, 5.41) is 8.82. The van der Waals surface area contributed by atoms with Crippen LogP contribution in [0, 0.1) is 11.8 Å². The van der Waals surface area contributed by atoms with E-state index < -0.39 is 5.97 Å². The predicted octanol–water partition coefficient (Wildman–Crippen LogP) is 1.80. The molecule has 1 aromatic rings. The lowest BCUT2D eigenvalue weighted by Gasteiger charge is -1.93. The number of hydrogen-bond acceptors (Lipinski definition) is 4. The first kappa shape index (κ1) is 13.3. The molecule has 5 heteroatoms. The van der Waals surface area contributed by atoms with Crippen LogP contribution in [-0.2, 0) is 4.79 Å². The Morgan fingerprint density at radius 2 is 2.24 bits per heavy atom. The molecule has 88 valence electrons. The molecule has 1 N–H and O–H groups in total. The maximum absolute atomic E-state index is 10.7. The summed E-state index contributed by atoms with van der Waals surface area (Å²) in [4.78, 5) is 25.1. The van der Waals surface area contributed by atoms with Gasteiger partial charge in [0.05, 0.1) is 5.56 Å². The lowest BCUT2D eigenvalue weighted by atomic mass is 10.2. The SMILES string of the molecule is CC(=O)SCCC#Cc1cncc(C(=O)O)c1. The lowest BCUT2D eigenvalue weighted by molar-refractivity contribution is -0.109. The van der Waals surface area contributed by atoms with Crippen LogP contribution in [0.3, 0.4) is 0 Å². The Kier molecular flexibility index (Phi) is 5.24. The van der Waals surface area contributed by atoms with Crippen LogP contribution >= 0.6 is 11.8 Å². The van der Waals surface area contributed by atoms with Crippen LogP contribution in [0.25, 0.3) is 0 Å². The van der Waals surface area contributed by atoms with Gasteiger partial charge in [0.25, 0.3) is 0 Å². The van der Waals surface area contributed by atoms with E-state index in [1.54, 1.807) is 0 Å². The third kappa shape index (κ3) is 5.18. The molecule has 0 aliphatic carbocycles. The maximum atomic E-state index is 10.7. The van der Waals surface area contributed by atoms with Crippen molar-refractivity contribution in [1.29, 1.82) is 0 Å². The minimum absolute atomic E-state index is 0.0707. The van der Waals surface area contributed by atoms with Gasteiger partial charge in [-0.2, -0.15) is 0 Å². The molecule has 0 unspecified atom stereocenters. The van der Waals surface area contributed by atoms with E-state index in [1.165, 1.54) is 37.1 Å². The molecule has 17 heavy (non-hydrogen) atoms. The maximum Gasteiger partial charge on any atom is 0.337 e. The van der Waals surface area contributed by atoms with Crippen LogP contribution in [0.4, 0.5) is 0 Å². The van der Waals surface area contributed by atoms with Crippen molar-refractivity contribution >= 4 is 22.8 Å². The fourth-order valence-electron chi connectivity index (χ4n) is 1.04.